The molecule has 0 radical (unpaired) electrons. The summed E-state index contributed by atoms with van der Waals surface area (Å²) in [6, 6.07) is 12.9. The second-order valence-electron chi connectivity index (χ2n) is 6.57. The number of nitrogens with zero attached hydrogens (tertiary/aromatic N) is 1. The van der Waals surface area contributed by atoms with Crippen molar-refractivity contribution < 1.29 is 27.4 Å². The van der Waals surface area contributed by atoms with Crippen molar-refractivity contribution in [3.63, 3.8) is 0 Å². The van der Waals surface area contributed by atoms with E-state index in [1.165, 1.54) is 18.3 Å². The average molecular weight is 442 g/mol. The molecule has 0 bridgehead atoms. The number of alkyl halides is 3. The van der Waals surface area contributed by atoms with Gasteiger partial charge in [-0.05, 0) is 24.6 Å². The van der Waals surface area contributed by atoms with Gasteiger partial charge in [0.1, 0.15) is 11.3 Å². The molecule has 0 aliphatic rings. The second kappa shape index (κ2) is 7.99. The monoisotopic (exact) mass is 442 g/mol. The van der Waals surface area contributed by atoms with E-state index in [1.54, 1.807) is 25.1 Å². The molecule has 1 amide bonds. The zero-order chi connectivity index (χ0) is 22.9. The van der Waals surface area contributed by atoms with Gasteiger partial charge >= 0.3 is 12.1 Å². The van der Waals surface area contributed by atoms with Crippen LogP contribution in [-0.4, -0.2) is 27.2 Å². The molecule has 3 N–H and O–H groups in total. The van der Waals surface area contributed by atoms with Crippen LogP contribution in [0.2, 0.25) is 0 Å². The van der Waals surface area contributed by atoms with E-state index >= 15 is 0 Å². The van der Waals surface area contributed by atoms with E-state index in [2.05, 4.69) is 37.1 Å². The predicted octanol–water partition coefficient (Wildman–Crippen LogP) is 4.10. The Balaban J connectivity index is 1.56. The van der Waals surface area contributed by atoms with Crippen LogP contribution < -0.4 is 20.5 Å². The number of carbonyl (C=O) groups excluding carboxylic acids is 1. The number of nitrogens with one attached hydrogen (secondary N) is 3. The molecule has 0 spiro atoms. The number of hydrogen-bond donors (Lipinski definition) is 3. The van der Waals surface area contributed by atoms with Gasteiger partial charge in [0.2, 0.25) is 0 Å². The number of aryl methyl sites for hydroxylation is 1. The molecule has 2 aromatic carbocycles. The third-order valence-electron chi connectivity index (χ3n) is 4.25. The number of imidazole rings is 1. The van der Waals surface area contributed by atoms with Crippen LogP contribution in [-0.2, 0) is 0 Å². The maximum atomic E-state index is 12.5. The molecule has 11 heteroatoms. The predicted molar refractivity (Wildman–Crippen MR) is 107 cm³/mol. The van der Waals surface area contributed by atoms with Gasteiger partial charge in [0.25, 0.3) is 5.91 Å². The van der Waals surface area contributed by atoms with Gasteiger partial charge in [-0.15, -0.1) is 13.2 Å². The highest BCUT2D eigenvalue weighted by Gasteiger charge is 2.31. The lowest BCUT2D eigenvalue weighted by molar-refractivity contribution is -0.274. The van der Waals surface area contributed by atoms with Crippen molar-refractivity contribution >= 4 is 22.8 Å². The van der Waals surface area contributed by atoms with Gasteiger partial charge in [-0.25, -0.2) is 9.78 Å². The number of halogens is 3. The van der Waals surface area contributed by atoms with Crippen molar-refractivity contribution in [3.8, 4) is 17.2 Å². The molecule has 0 saturated carbocycles. The number of rotatable bonds is 5. The Labute approximate surface area is 178 Å². The Morgan fingerprint density at radius 1 is 1.16 bits per heavy atom. The first-order chi connectivity index (χ1) is 15.2. The van der Waals surface area contributed by atoms with Gasteiger partial charge in [-0.1, -0.05) is 12.1 Å². The van der Waals surface area contributed by atoms with Crippen LogP contribution in [0.5, 0.6) is 17.2 Å². The Morgan fingerprint density at radius 2 is 1.97 bits per heavy atom. The van der Waals surface area contributed by atoms with Crippen LogP contribution in [0.15, 0.2) is 47.4 Å². The highest BCUT2D eigenvalue weighted by Crippen LogP contribution is 2.31. The topological polar surface area (TPSA) is 109 Å². The zero-order valence-corrected chi connectivity index (χ0v) is 16.3. The molecule has 0 saturated heterocycles. The number of hydrogen-bond acceptors (Lipinski definition) is 5. The van der Waals surface area contributed by atoms with Crippen LogP contribution in [0, 0.1) is 19.1 Å². The molecule has 0 aliphatic carbocycles. The molecule has 2 heterocycles. The maximum Gasteiger partial charge on any atom is 0.573 e. The summed E-state index contributed by atoms with van der Waals surface area (Å²) in [6.45, 7) is 1.78. The number of H-pyrrole nitrogens is 2. The Morgan fingerprint density at radius 3 is 2.75 bits per heavy atom. The smallest absolute Gasteiger partial charge is 0.455 e. The molecule has 4 aromatic rings. The Hall–Kier alpha value is -4.46. The third kappa shape index (κ3) is 4.65. The molecular formula is C21H13F3N4O4. The summed E-state index contributed by atoms with van der Waals surface area (Å²) in [6.07, 6.45) is -3.45. The van der Waals surface area contributed by atoms with E-state index in [0.29, 0.717) is 28.4 Å². The normalized spacial score (nSPS) is 11.1. The minimum Gasteiger partial charge on any atom is -0.455 e. The van der Waals surface area contributed by atoms with Crippen molar-refractivity contribution in [1.29, 1.82) is 0 Å². The van der Waals surface area contributed by atoms with Crippen LogP contribution in [0.1, 0.15) is 15.9 Å². The molecular weight excluding hydrogens is 429 g/mol. The largest absolute Gasteiger partial charge is 0.573 e. The summed E-state index contributed by atoms with van der Waals surface area (Å²) in [7, 11) is 0. The first-order valence-electron chi connectivity index (χ1n) is 9.04. The van der Waals surface area contributed by atoms with E-state index in [0.717, 1.165) is 11.6 Å². The summed E-state index contributed by atoms with van der Waals surface area (Å²) >= 11 is 0. The highest BCUT2D eigenvalue weighted by atomic mass is 19.4. The van der Waals surface area contributed by atoms with E-state index in [9.17, 15) is 22.8 Å². The number of ether oxygens (including phenoxy) is 2. The van der Waals surface area contributed by atoms with Crippen LogP contribution >= 0.6 is 0 Å². The summed E-state index contributed by atoms with van der Waals surface area (Å²) in [5.74, 6) is -0.646. The number of benzene rings is 1. The molecule has 162 valence electrons. The zero-order valence-electron chi connectivity index (χ0n) is 16.3. The van der Waals surface area contributed by atoms with E-state index in [4.69, 9.17) is 4.74 Å². The third-order valence-corrected chi connectivity index (χ3v) is 4.25. The van der Waals surface area contributed by atoms with E-state index in [1.807, 2.05) is 0 Å². The fourth-order valence-electron chi connectivity index (χ4n) is 2.82. The fourth-order valence-corrected chi connectivity index (χ4v) is 2.82. The molecule has 32 heavy (non-hydrogen) atoms. The van der Waals surface area contributed by atoms with Crippen LogP contribution in [0.4, 0.5) is 18.9 Å². The number of anilines is 1. The van der Waals surface area contributed by atoms with E-state index in [-0.39, 0.29) is 5.56 Å². The summed E-state index contributed by atoms with van der Waals surface area (Å²) < 4.78 is 46.8. The summed E-state index contributed by atoms with van der Waals surface area (Å²) in [5.41, 5.74) is 1.21. The minimum absolute atomic E-state index is 0.105. The number of carbonyl (C=O) groups is 1. The van der Waals surface area contributed by atoms with Crippen molar-refractivity contribution in [3.05, 3.63) is 76.3 Å². The number of fused-ring (bicyclic) bond motifs is 1. The van der Waals surface area contributed by atoms with Crippen LogP contribution in [0.3, 0.4) is 0 Å². The highest BCUT2D eigenvalue weighted by molar-refractivity contribution is 6.04. The van der Waals surface area contributed by atoms with Crippen molar-refractivity contribution in [1.82, 2.24) is 15.0 Å². The lowest BCUT2D eigenvalue weighted by Crippen LogP contribution is -2.17. The van der Waals surface area contributed by atoms with Crippen LogP contribution in [0.25, 0.3) is 11.2 Å². The second-order valence-corrected chi connectivity index (χ2v) is 6.57. The van der Waals surface area contributed by atoms with Gasteiger partial charge in [-0.3, -0.25) is 9.78 Å². The summed E-state index contributed by atoms with van der Waals surface area (Å²) in [5, 5.41) is 2.58. The Bertz CT molecular complexity index is 1360. The molecule has 4 rings (SSSR count). The minimum atomic E-state index is -4.91. The number of aromatic amines is 2. The number of amides is 1. The quantitative estimate of drug-likeness (QED) is 0.431. The van der Waals surface area contributed by atoms with Gasteiger partial charge < -0.3 is 19.8 Å². The molecule has 2 aromatic heterocycles. The van der Waals surface area contributed by atoms with Gasteiger partial charge in [-0.2, -0.15) is 0 Å². The molecule has 0 fully saturated rings. The lowest BCUT2D eigenvalue weighted by Gasteiger charge is -2.12. The van der Waals surface area contributed by atoms with Gasteiger partial charge in [0.15, 0.2) is 17.1 Å². The van der Waals surface area contributed by atoms with Gasteiger partial charge in [0, 0.05) is 36.1 Å². The number of pyridine rings is 1. The van der Waals surface area contributed by atoms with Crippen molar-refractivity contribution in [2.75, 3.05) is 5.32 Å². The molecule has 0 atom stereocenters. The Kier molecular flexibility index (Phi) is 5.19. The molecule has 8 nitrogen and oxygen atoms in total. The van der Waals surface area contributed by atoms with Gasteiger partial charge in [0.05, 0.1) is 5.56 Å². The maximum absolute atomic E-state index is 12.5. The average Bonchev–Trinajstić information content (AvgIpc) is 3.10. The first kappa shape index (κ1) is 20.8. The molecule has 0 unspecified atom stereocenters. The standard InChI is InChI=1S/C21H13F3N4O4/c1-11-5-6-13(26-19(29)12-3-2-4-14(9-12)32-21(22,23)24)10-16(11)31-15-7-8-25-18-17(15)27-20(30)28-18/h3,5-10H,1H3,(H,26,29)(H2,25,27,28,30). The molecule has 0 aliphatic heterocycles. The SMILES string of the molecule is Cc1ccc(NC(=O)c2cc#cc(OC(F)(F)F)c2)cc1Oc1ccnc2[nH]c(=O)[nH]c12. The fraction of sp³-hybridized carbons (Fsp3) is 0.0952. The van der Waals surface area contributed by atoms with Crippen molar-refractivity contribution in [2.45, 2.75) is 13.3 Å². The lowest BCUT2D eigenvalue weighted by atomic mass is 10.2. The van der Waals surface area contributed by atoms with Crippen molar-refractivity contribution in [2.24, 2.45) is 0 Å². The first-order valence-corrected chi connectivity index (χ1v) is 9.04. The summed E-state index contributed by atoms with van der Waals surface area (Å²) in [4.78, 5) is 33.2. The number of aromatic nitrogens is 3. The van der Waals surface area contributed by atoms with E-state index < -0.39 is 23.7 Å².